The molecule has 0 saturated heterocycles. The van der Waals surface area contributed by atoms with Crippen molar-refractivity contribution >= 4 is 31.6 Å². The molecule has 0 atom stereocenters. The Morgan fingerprint density at radius 1 is 1.24 bits per heavy atom. The maximum Gasteiger partial charge on any atom is 0.241 e. The molecule has 21 heavy (non-hydrogen) atoms. The average molecular weight is 370 g/mol. The summed E-state index contributed by atoms with van der Waals surface area (Å²) in [4.78, 5) is 3.90. The molecule has 0 saturated carbocycles. The molecule has 0 aliphatic rings. The molecule has 0 aliphatic carbocycles. The fourth-order valence-corrected chi connectivity index (χ4v) is 3.11. The van der Waals surface area contributed by atoms with E-state index in [1.807, 2.05) is 24.3 Å². The van der Waals surface area contributed by atoms with E-state index in [2.05, 4.69) is 20.9 Å². The van der Waals surface area contributed by atoms with E-state index in [4.69, 9.17) is 5.14 Å². The molecule has 2 aromatic heterocycles. The lowest BCUT2D eigenvalue weighted by molar-refractivity contribution is 0.590. The molecular weight excluding hydrogens is 361 g/mol. The first kappa shape index (κ1) is 14.2. The lowest BCUT2D eigenvalue weighted by atomic mass is 10.2. The minimum atomic E-state index is -4.06. The Kier molecular flexibility index (Phi) is 3.31. The Bertz CT molecular complexity index is 953. The van der Waals surface area contributed by atoms with Gasteiger partial charge in [-0.15, -0.1) is 0 Å². The van der Waals surface area contributed by atoms with Crippen molar-refractivity contribution in [1.82, 2.24) is 9.38 Å². The zero-order chi connectivity index (χ0) is 15.2. The Labute approximate surface area is 128 Å². The van der Waals surface area contributed by atoms with Crippen LogP contribution in [0, 0.1) is 5.82 Å². The number of aromatic nitrogens is 2. The highest BCUT2D eigenvalue weighted by atomic mass is 79.9. The molecule has 108 valence electrons. The summed E-state index contributed by atoms with van der Waals surface area (Å²) in [5.41, 5.74) is 1.38. The van der Waals surface area contributed by atoms with Gasteiger partial charge < -0.3 is 4.40 Å². The third-order valence-corrected chi connectivity index (χ3v) is 4.32. The smallest absolute Gasteiger partial charge is 0.241 e. The maximum atomic E-state index is 13.5. The maximum absolute atomic E-state index is 13.5. The molecule has 0 amide bonds. The van der Waals surface area contributed by atoms with Gasteiger partial charge in [0.05, 0.1) is 5.69 Å². The number of imidazole rings is 1. The molecule has 0 radical (unpaired) electrons. The highest BCUT2D eigenvalue weighted by molar-refractivity contribution is 9.10. The average Bonchev–Trinajstić information content (AvgIpc) is 2.80. The number of hydrogen-bond acceptors (Lipinski definition) is 3. The number of sulfonamides is 1. The van der Waals surface area contributed by atoms with Crippen molar-refractivity contribution in [2.75, 3.05) is 0 Å². The molecule has 2 heterocycles. The Balaban J connectivity index is 2.30. The fraction of sp³-hybridized carbons (Fsp3) is 0. The van der Waals surface area contributed by atoms with Gasteiger partial charge in [-0.25, -0.2) is 22.9 Å². The predicted octanol–water partition coefficient (Wildman–Crippen LogP) is 2.55. The number of benzene rings is 1. The Morgan fingerprint density at radius 2 is 2.00 bits per heavy atom. The Hall–Kier alpha value is -1.77. The molecule has 5 nitrogen and oxygen atoms in total. The first-order valence-corrected chi connectivity index (χ1v) is 8.15. The van der Waals surface area contributed by atoms with Crippen molar-refractivity contribution in [3.8, 4) is 11.3 Å². The van der Waals surface area contributed by atoms with Crippen molar-refractivity contribution in [2.24, 2.45) is 5.14 Å². The van der Waals surface area contributed by atoms with E-state index in [1.165, 1.54) is 4.40 Å². The molecule has 1 aromatic carbocycles. The van der Waals surface area contributed by atoms with Gasteiger partial charge in [0.2, 0.25) is 10.0 Å². The van der Waals surface area contributed by atoms with Crippen LogP contribution >= 0.6 is 15.9 Å². The summed E-state index contributed by atoms with van der Waals surface area (Å²) >= 11 is 3.35. The van der Waals surface area contributed by atoms with Crippen LogP contribution in [0.3, 0.4) is 0 Å². The molecule has 0 bridgehead atoms. The van der Waals surface area contributed by atoms with Crippen molar-refractivity contribution in [3.05, 3.63) is 53.0 Å². The number of primary sulfonamides is 1. The Morgan fingerprint density at radius 3 is 2.67 bits per heavy atom. The summed E-state index contributed by atoms with van der Waals surface area (Å²) in [6.07, 6.45) is 2.70. The standard InChI is InChI=1S/C13H9BrFN3O2S/c14-9-3-1-2-8(4-9)11-7-18-6-10(15)5-12(13(18)17-11)21(16,19)20/h1-7H,(H2,16,19,20). The molecule has 3 rings (SSSR count). The number of nitrogens with two attached hydrogens (primary N) is 1. The highest BCUT2D eigenvalue weighted by Gasteiger charge is 2.18. The minimum Gasteiger partial charge on any atom is -0.302 e. The second kappa shape index (κ2) is 4.90. The van der Waals surface area contributed by atoms with Crippen LogP contribution in [0.4, 0.5) is 4.39 Å². The topological polar surface area (TPSA) is 77.5 Å². The van der Waals surface area contributed by atoms with Crippen LogP contribution in [0.15, 0.2) is 52.1 Å². The van der Waals surface area contributed by atoms with Gasteiger partial charge in [0.25, 0.3) is 0 Å². The lowest BCUT2D eigenvalue weighted by Crippen LogP contribution is -2.14. The van der Waals surface area contributed by atoms with Crippen LogP contribution in [0.5, 0.6) is 0 Å². The van der Waals surface area contributed by atoms with Crippen molar-refractivity contribution < 1.29 is 12.8 Å². The summed E-state index contributed by atoms with van der Waals surface area (Å²) in [5.74, 6) is -0.704. The van der Waals surface area contributed by atoms with Crippen molar-refractivity contribution in [3.63, 3.8) is 0 Å². The molecule has 0 unspecified atom stereocenters. The zero-order valence-corrected chi connectivity index (χ0v) is 12.9. The van der Waals surface area contributed by atoms with E-state index in [0.29, 0.717) is 5.69 Å². The van der Waals surface area contributed by atoms with Gasteiger partial charge in [0.1, 0.15) is 10.7 Å². The number of nitrogens with zero attached hydrogens (tertiary/aromatic N) is 2. The van der Waals surface area contributed by atoms with Gasteiger partial charge >= 0.3 is 0 Å². The highest BCUT2D eigenvalue weighted by Crippen LogP contribution is 2.25. The molecule has 0 fully saturated rings. The summed E-state index contributed by atoms with van der Waals surface area (Å²) in [6.45, 7) is 0. The van der Waals surface area contributed by atoms with Gasteiger partial charge in [-0.2, -0.15) is 0 Å². The number of halogens is 2. The number of pyridine rings is 1. The molecular formula is C13H9BrFN3O2S. The molecule has 0 aliphatic heterocycles. The summed E-state index contributed by atoms with van der Waals surface area (Å²) in [6, 6.07) is 8.19. The molecule has 3 aromatic rings. The van der Waals surface area contributed by atoms with E-state index in [1.54, 1.807) is 6.20 Å². The van der Waals surface area contributed by atoms with Gasteiger partial charge in [0.15, 0.2) is 5.65 Å². The minimum absolute atomic E-state index is 0.0916. The van der Waals surface area contributed by atoms with Crippen LogP contribution in [-0.4, -0.2) is 17.8 Å². The van der Waals surface area contributed by atoms with Crippen molar-refractivity contribution in [1.29, 1.82) is 0 Å². The number of rotatable bonds is 2. The fourth-order valence-electron chi connectivity index (χ4n) is 2.03. The van der Waals surface area contributed by atoms with E-state index in [0.717, 1.165) is 22.3 Å². The van der Waals surface area contributed by atoms with Crippen molar-refractivity contribution in [2.45, 2.75) is 4.90 Å². The molecule has 0 spiro atoms. The lowest BCUT2D eigenvalue weighted by Gasteiger charge is -2.00. The summed E-state index contributed by atoms with van der Waals surface area (Å²) in [5, 5.41) is 5.11. The van der Waals surface area contributed by atoms with Crippen LogP contribution in [0.25, 0.3) is 16.9 Å². The quantitative estimate of drug-likeness (QED) is 0.753. The van der Waals surface area contributed by atoms with Crippen LogP contribution in [0.2, 0.25) is 0 Å². The number of fused-ring (bicyclic) bond motifs is 1. The van der Waals surface area contributed by atoms with Gasteiger partial charge in [-0.05, 0) is 18.2 Å². The van der Waals surface area contributed by atoms with E-state index in [9.17, 15) is 12.8 Å². The third kappa shape index (κ3) is 2.69. The SMILES string of the molecule is NS(=O)(=O)c1cc(F)cn2cc(-c3cccc(Br)c3)nc12. The first-order valence-electron chi connectivity index (χ1n) is 5.81. The zero-order valence-electron chi connectivity index (χ0n) is 10.5. The monoisotopic (exact) mass is 369 g/mol. The molecule has 8 heteroatoms. The third-order valence-electron chi connectivity index (χ3n) is 2.91. The van der Waals surface area contributed by atoms with Crippen LogP contribution in [-0.2, 0) is 10.0 Å². The molecule has 2 N–H and O–H groups in total. The van der Waals surface area contributed by atoms with Gasteiger partial charge in [-0.3, -0.25) is 0 Å². The summed E-state index contributed by atoms with van der Waals surface area (Å²) in [7, 11) is -4.06. The largest absolute Gasteiger partial charge is 0.302 e. The second-order valence-electron chi connectivity index (χ2n) is 4.43. The van der Waals surface area contributed by atoms with Gasteiger partial charge in [0, 0.05) is 22.4 Å². The van der Waals surface area contributed by atoms with E-state index >= 15 is 0 Å². The predicted molar refractivity (Wildman–Crippen MR) is 79.7 cm³/mol. The van der Waals surface area contributed by atoms with E-state index < -0.39 is 15.8 Å². The van der Waals surface area contributed by atoms with Gasteiger partial charge in [-0.1, -0.05) is 28.1 Å². The number of hydrogen-bond donors (Lipinski definition) is 1. The van der Waals surface area contributed by atoms with E-state index in [-0.39, 0.29) is 10.5 Å². The summed E-state index contributed by atoms with van der Waals surface area (Å²) < 4.78 is 38.8. The second-order valence-corrected chi connectivity index (χ2v) is 6.88. The normalized spacial score (nSPS) is 12.0. The van der Waals surface area contributed by atoms with Crippen LogP contribution in [0.1, 0.15) is 0 Å². The van der Waals surface area contributed by atoms with Crippen LogP contribution < -0.4 is 5.14 Å². The first-order chi connectivity index (χ1) is 9.84.